The molecule has 0 atom stereocenters. The lowest BCUT2D eigenvalue weighted by Gasteiger charge is -2.09. The second-order valence-corrected chi connectivity index (χ2v) is 4.80. The lowest BCUT2D eigenvalue weighted by molar-refractivity contribution is -0.118. The van der Waals surface area contributed by atoms with Crippen molar-refractivity contribution in [2.45, 2.75) is 0 Å². The number of H-pyrrole nitrogens is 2. The van der Waals surface area contributed by atoms with E-state index in [0.29, 0.717) is 5.75 Å². The van der Waals surface area contributed by atoms with Crippen LogP contribution in [0.4, 0.5) is 5.69 Å². The molecule has 116 valence electrons. The zero-order valence-corrected chi connectivity index (χ0v) is 12.0. The number of carbonyl (C=O) groups is 1. The number of carbonyl (C=O) groups excluding carboxylic acids is 1. The van der Waals surface area contributed by atoms with Crippen LogP contribution in [0.15, 0.2) is 58.3 Å². The Hall–Kier alpha value is -3.35. The molecule has 0 aliphatic heterocycles. The lowest BCUT2D eigenvalue weighted by atomic mass is 10.1. The minimum absolute atomic E-state index is 0.0453. The molecule has 1 heterocycles. The van der Waals surface area contributed by atoms with E-state index < -0.39 is 17.2 Å². The highest BCUT2D eigenvalue weighted by atomic mass is 16.5. The van der Waals surface area contributed by atoms with Gasteiger partial charge in [0.1, 0.15) is 11.4 Å². The van der Waals surface area contributed by atoms with Crippen LogP contribution in [0.3, 0.4) is 0 Å². The zero-order chi connectivity index (χ0) is 16.2. The summed E-state index contributed by atoms with van der Waals surface area (Å²) in [6, 6.07) is 13.2. The molecule has 0 unspecified atom stereocenters. The van der Waals surface area contributed by atoms with Crippen molar-refractivity contribution < 1.29 is 9.53 Å². The van der Waals surface area contributed by atoms with Gasteiger partial charge in [-0.1, -0.05) is 36.4 Å². The summed E-state index contributed by atoms with van der Waals surface area (Å²) < 4.78 is 5.52. The summed E-state index contributed by atoms with van der Waals surface area (Å²) in [5, 5.41) is 4.27. The summed E-state index contributed by atoms with van der Waals surface area (Å²) in [4.78, 5) is 38.6. The molecule has 0 aliphatic rings. The van der Waals surface area contributed by atoms with E-state index in [1.165, 1.54) is 0 Å². The second-order valence-electron chi connectivity index (χ2n) is 4.80. The van der Waals surface area contributed by atoms with Crippen LogP contribution in [-0.2, 0) is 4.79 Å². The van der Waals surface area contributed by atoms with Gasteiger partial charge in [-0.15, -0.1) is 0 Å². The first-order valence-corrected chi connectivity index (χ1v) is 6.86. The molecule has 7 nitrogen and oxygen atoms in total. The summed E-state index contributed by atoms with van der Waals surface area (Å²) in [5.74, 6) is 0.0733. The third kappa shape index (κ3) is 3.29. The summed E-state index contributed by atoms with van der Waals surface area (Å²) in [6.07, 6.45) is 1.14. The van der Waals surface area contributed by atoms with E-state index in [0.717, 1.165) is 17.0 Å². The molecule has 0 saturated heterocycles. The van der Waals surface area contributed by atoms with E-state index in [1.54, 1.807) is 6.07 Å². The monoisotopic (exact) mass is 311 g/mol. The van der Waals surface area contributed by atoms with Crippen molar-refractivity contribution >= 4 is 22.4 Å². The standard InChI is InChI=1S/C16H13N3O4/c20-14(18-12-8-17-16(22)19-15(12)21)9-23-13-7-3-5-10-4-1-2-6-11(10)13/h1-8H,9H2,(H,18,20)(H2,17,19,21,22). The van der Waals surface area contributed by atoms with Crippen LogP contribution in [0, 0.1) is 0 Å². The molecule has 0 aliphatic carbocycles. The van der Waals surface area contributed by atoms with Gasteiger partial charge in [0.2, 0.25) is 0 Å². The molecule has 0 radical (unpaired) electrons. The van der Waals surface area contributed by atoms with Gasteiger partial charge in [-0.25, -0.2) is 4.79 Å². The number of amides is 1. The Morgan fingerprint density at radius 1 is 1.09 bits per heavy atom. The van der Waals surface area contributed by atoms with E-state index >= 15 is 0 Å². The maximum absolute atomic E-state index is 11.9. The predicted molar refractivity (Wildman–Crippen MR) is 85.8 cm³/mol. The van der Waals surface area contributed by atoms with E-state index in [4.69, 9.17) is 4.74 Å². The molecule has 1 aromatic heterocycles. The Bertz CT molecular complexity index is 969. The highest BCUT2D eigenvalue weighted by Gasteiger charge is 2.08. The van der Waals surface area contributed by atoms with Crippen molar-refractivity contribution in [3.63, 3.8) is 0 Å². The number of ether oxygens (including phenoxy) is 1. The van der Waals surface area contributed by atoms with Crippen molar-refractivity contribution in [2.24, 2.45) is 0 Å². The van der Waals surface area contributed by atoms with Gasteiger partial charge >= 0.3 is 5.69 Å². The van der Waals surface area contributed by atoms with Gasteiger partial charge in [0.05, 0.1) is 0 Å². The zero-order valence-electron chi connectivity index (χ0n) is 12.0. The maximum atomic E-state index is 11.9. The average molecular weight is 311 g/mol. The first-order valence-electron chi connectivity index (χ1n) is 6.86. The fraction of sp³-hybridized carbons (Fsp3) is 0.0625. The number of hydrogen-bond acceptors (Lipinski definition) is 4. The van der Waals surface area contributed by atoms with Crippen LogP contribution < -0.4 is 21.3 Å². The first kappa shape index (κ1) is 14.6. The molecule has 23 heavy (non-hydrogen) atoms. The van der Waals surface area contributed by atoms with Crippen LogP contribution in [0.5, 0.6) is 5.75 Å². The van der Waals surface area contributed by atoms with Crippen molar-refractivity contribution in [1.82, 2.24) is 9.97 Å². The SMILES string of the molecule is O=C(COc1cccc2ccccc12)Nc1c[nH]c(=O)[nH]c1=O. The number of nitrogens with one attached hydrogen (secondary N) is 3. The Kier molecular flexibility index (Phi) is 3.92. The molecule has 7 heteroatoms. The van der Waals surface area contributed by atoms with Crippen LogP contribution >= 0.6 is 0 Å². The van der Waals surface area contributed by atoms with Crippen molar-refractivity contribution in [3.05, 3.63) is 69.5 Å². The Labute approximate surface area is 129 Å². The number of anilines is 1. The predicted octanol–water partition coefficient (Wildman–Crippen LogP) is 1.23. The summed E-state index contributed by atoms with van der Waals surface area (Å²) in [7, 11) is 0. The molecule has 1 amide bonds. The van der Waals surface area contributed by atoms with Crippen LogP contribution in [-0.4, -0.2) is 22.5 Å². The average Bonchev–Trinajstić information content (AvgIpc) is 2.55. The molecular formula is C16H13N3O4. The van der Waals surface area contributed by atoms with E-state index in [-0.39, 0.29) is 12.3 Å². The van der Waals surface area contributed by atoms with Gasteiger partial charge in [0.15, 0.2) is 6.61 Å². The molecule has 2 aromatic carbocycles. The number of aromatic amines is 2. The highest BCUT2D eigenvalue weighted by Crippen LogP contribution is 2.24. The molecule has 0 bridgehead atoms. The number of benzene rings is 2. The summed E-state index contributed by atoms with van der Waals surface area (Å²) >= 11 is 0. The summed E-state index contributed by atoms with van der Waals surface area (Å²) in [6.45, 7) is -0.257. The largest absolute Gasteiger partial charge is 0.483 e. The smallest absolute Gasteiger partial charge is 0.325 e. The van der Waals surface area contributed by atoms with Gasteiger partial charge < -0.3 is 15.0 Å². The molecule has 3 rings (SSSR count). The van der Waals surface area contributed by atoms with Crippen LogP contribution in [0.25, 0.3) is 10.8 Å². The molecule has 3 N–H and O–H groups in total. The van der Waals surface area contributed by atoms with Crippen molar-refractivity contribution in [2.75, 3.05) is 11.9 Å². The van der Waals surface area contributed by atoms with Gasteiger partial charge in [0.25, 0.3) is 11.5 Å². The van der Waals surface area contributed by atoms with Gasteiger partial charge in [0, 0.05) is 11.6 Å². The molecule has 3 aromatic rings. The van der Waals surface area contributed by atoms with Crippen molar-refractivity contribution in [3.8, 4) is 5.75 Å². The first-order chi connectivity index (χ1) is 11.1. The molecular weight excluding hydrogens is 298 g/mol. The fourth-order valence-corrected chi connectivity index (χ4v) is 2.15. The normalized spacial score (nSPS) is 10.4. The van der Waals surface area contributed by atoms with Gasteiger partial charge in [-0.2, -0.15) is 0 Å². The van der Waals surface area contributed by atoms with Crippen molar-refractivity contribution in [1.29, 1.82) is 0 Å². The Morgan fingerprint density at radius 3 is 2.70 bits per heavy atom. The number of fused-ring (bicyclic) bond motifs is 1. The third-order valence-electron chi connectivity index (χ3n) is 3.20. The molecule has 0 spiro atoms. The number of aromatic nitrogens is 2. The van der Waals surface area contributed by atoms with E-state index in [2.05, 4.69) is 10.3 Å². The minimum Gasteiger partial charge on any atom is -0.483 e. The third-order valence-corrected chi connectivity index (χ3v) is 3.20. The Morgan fingerprint density at radius 2 is 1.87 bits per heavy atom. The second kappa shape index (κ2) is 6.18. The van der Waals surface area contributed by atoms with E-state index in [9.17, 15) is 14.4 Å². The quantitative estimate of drug-likeness (QED) is 0.674. The molecule has 0 saturated carbocycles. The maximum Gasteiger partial charge on any atom is 0.325 e. The van der Waals surface area contributed by atoms with Crippen LogP contribution in [0.2, 0.25) is 0 Å². The topological polar surface area (TPSA) is 104 Å². The highest BCUT2D eigenvalue weighted by molar-refractivity contribution is 5.92. The lowest BCUT2D eigenvalue weighted by Crippen LogP contribution is -2.28. The Balaban J connectivity index is 1.71. The summed E-state index contributed by atoms with van der Waals surface area (Å²) in [5.41, 5.74) is -1.36. The van der Waals surface area contributed by atoms with E-state index in [1.807, 2.05) is 41.4 Å². The van der Waals surface area contributed by atoms with Crippen LogP contribution in [0.1, 0.15) is 0 Å². The van der Waals surface area contributed by atoms with Gasteiger partial charge in [-0.05, 0) is 11.5 Å². The molecule has 0 fully saturated rings. The fourth-order valence-electron chi connectivity index (χ4n) is 2.15. The number of rotatable bonds is 4. The van der Waals surface area contributed by atoms with Gasteiger partial charge in [-0.3, -0.25) is 14.6 Å². The number of hydrogen-bond donors (Lipinski definition) is 3. The minimum atomic E-state index is -0.674.